The molecule has 0 aliphatic carbocycles. The smallest absolute Gasteiger partial charge is 0.122 e. The third-order valence-corrected chi connectivity index (χ3v) is 3.46. The zero-order valence-electron chi connectivity index (χ0n) is 12.1. The minimum Gasteiger partial charge on any atom is -0.493 e. The Hall–Kier alpha value is -0.770. The van der Waals surface area contributed by atoms with E-state index in [1.54, 1.807) is 0 Å². The molecule has 0 fully saturated rings. The number of fused-ring (bicyclic) bond motifs is 1. The van der Waals surface area contributed by atoms with Crippen molar-refractivity contribution in [1.29, 1.82) is 0 Å². The van der Waals surface area contributed by atoms with Gasteiger partial charge in [-0.25, -0.2) is 0 Å². The molecular weight excluding hydrogens is 260 g/mol. The maximum Gasteiger partial charge on any atom is 0.122 e. The lowest BCUT2D eigenvalue weighted by atomic mass is 9.93. The fourth-order valence-electron chi connectivity index (χ4n) is 2.50. The van der Waals surface area contributed by atoms with Crippen LogP contribution in [0.4, 0.5) is 0 Å². The van der Waals surface area contributed by atoms with Crippen LogP contribution in [0.15, 0.2) is 18.2 Å². The van der Waals surface area contributed by atoms with Crippen LogP contribution in [-0.2, 0) is 13.0 Å². The van der Waals surface area contributed by atoms with Gasteiger partial charge in [-0.3, -0.25) is 0 Å². The quantitative estimate of drug-likeness (QED) is 0.903. The van der Waals surface area contributed by atoms with Crippen molar-refractivity contribution in [2.45, 2.75) is 26.8 Å². The monoisotopic (exact) mass is 284 g/mol. The van der Waals surface area contributed by atoms with Gasteiger partial charge in [0, 0.05) is 19.5 Å². The van der Waals surface area contributed by atoms with E-state index in [1.165, 1.54) is 11.1 Å². The van der Waals surface area contributed by atoms with Crippen molar-refractivity contribution in [2.75, 3.05) is 26.7 Å². The van der Waals surface area contributed by atoms with Crippen LogP contribution < -0.4 is 10.5 Å². The predicted octanol–water partition coefficient (Wildman–Crippen LogP) is 2.46. The SMILES string of the molecule is CN(Cc1ccc2c(c1)CCO2)CC(C)(C)CN.Cl. The summed E-state index contributed by atoms with van der Waals surface area (Å²) in [5.74, 6) is 1.06. The number of hydrogen-bond donors (Lipinski definition) is 1. The highest BCUT2D eigenvalue weighted by atomic mass is 35.5. The van der Waals surface area contributed by atoms with Gasteiger partial charge < -0.3 is 15.4 Å². The zero-order chi connectivity index (χ0) is 13.2. The Balaban J connectivity index is 0.00000180. The van der Waals surface area contributed by atoms with Crippen molar-refractivity contribution in [2.24, 2.45) is 11.1 Å². The van der Waals surface area contributed by atoms with Crippen LogP contribution >= 0.6 is 12.4 Å². The van der Waals surface area contributed by atoms with Crippen molar-refractivity contribution in [3.05, 3.63) is 29.3 Å². The van der Waals surface area contributed by atoms with Crippen LogP contribution in [-0.4, -0.2) is 31.6 Å². The maximum absolute atomic E-state index is 5.78. The average Bonchev–Trinajstić information content (AvgIpc) is 2.75. The molecule has 0 atom stereocenters. The van der Waals surface area contributed by atoms with Crippen LogP contribution in [0.5, 0.6) is 5.75 Å². The topological polar surface area (TPSA) is 38.5 Å². The van der Waals surface area contributed by atoms with Gasteiger partial charge in [-0.2, -0.15) is 0 Å². The molecule has 0 saturated heterocycles. The average molecular weight is 285 g/mol. The highest BCUT2D eigenvalue weighted by molar-refractivity contribution is 5.85. The molecule has 1 aliphatic rings. The van der Waals surface area contributed by atoms with E-state index in [0.29, 0.717) is 0 Å². The fourth-order valence-corrected chi connectivity index (χ4v) is 2.50. The predicted molar refractivity (Wildman–Crippen MR) is 82.1 cm³/mol. The van der Waals surface area contributed by atoms with Gasteiger partial charge in [0.05, 0.1) is 6.61 Å². The van der Waals surface area contributed by atoms with Crippen molar-refractivity contribution in [3.8, 4) is 5.75 Å². The second kappa shape index (κ2) is 6.60. The molecule has 0 amide bonds. The van der Waals surface area contributed by atoms with Gasteiger partial charge in [-0.15, -0.1) is 12.4 Å². The molecule has 3 nitrogen and oxygen atoms in total. The molecule has 0 unspecified atom stereocenters. The molecule has 0 aromatic heterocycles. The van der Waals surface area contributed by atoms with Crippen LogP contribution in [0, 0.1) is 5.41 Å². The Morgan fingerprint density at radius 1 is 1.37 bits per heavy atom. The lowest BCUT2D eigenvalue weighted by Crippen LogP contribution is -2.36. The molecule has 0 radical (unpaired) electrons. The van der Waals surface area contributed by atoms with Gasteiger partial charge in [0.2, 0.25) is 0 Å². The molecule has 108 valence electrons. The number of rotatable bonds is 5. The van der Waals surface area contributed by atoms with Crippen LogP contribution in [0.3, 0.4) is 0 Å². The molecule has 2 N–H and O–H groups in total. The van der Waals surface area contributed by atoms with Gasteiger partial charge in [0.1, 0.15) is 5.75 Å². The Morgan fingerprint density at radius 3 is 2.79 bits per heavy atom. The molecule has 1 aromatic carbocycles. The largest absolute Gasteiger partial charge is 0.493 e. The lowest BCUT2D eigenvalue weighted by Gasteiger charge is -2.29. The maximum atomic E-state index is 5.78. The Bertz CT molecular complexity index is 421. The lowest BCUT2D eigenvalue weighted by molar-refractivity contribution is 0.210. The minimum atomic E-state index is 0. The van der Waals surface area contributed by atoms with E-state index >= 15 is 0 Å². The van der Waals surface area contributed by atoms with E-state index < -0.39 is 0 Å². The molecular formula is C15H25ClN2O. The van der Waals surface area contributed by atoms with Crippen LogP contribution in [0.2, 0.25) is 0 Å². The van der Waals surface area contributed by atoms with Crippen molar-refractivity contribution >= 4 is 12.4 Å². The molecule has 1 heterocycles. The van der Waals surface area contributed by atoms with Gasteiger partial charge >= 0.3 is 0 Å². The normalized spacial score (nSPS) is 13.9. The Labute approximate surface area is 122 Å². The van der Waals surface area contributed by atoms with E-state index in [0.717, 1.165) is 38.4 Å². The number of ether oxygens (including phenoxy) is 1. The first kappa shape index (κ1) is 16.3. The second-order valence-electron chi connectivity index (χ2n) is 6.08. The van der Waals surface area contributed by atoms with Crippen molar-refractivity contribution < 1.29 is 4.74 Å². The standard InChI is InChI=1S/C15H24N2O.ClH/c1-15(2,10-16)11-17(3)9-12-4-5-14-13(8-12)6-7-18-14;/h4-5,8H,6-7,9-11,16H2,1-3H3;1H. The van der Waals surface area contributed by atoms with Crippen molar-refractivity contribution in [1.82, 2.24) is 4.90 Å². The third-order valence-electron chi connectivity index (χ3n) is 3.46. The van der Waals surface area contributed by atoms with Gasteiger partial charge in [0.25, 0.3) is 0 Å². The molecule has 1 aliphatic heterocycles. The molecule has 2 rings (SSSR count). The summed E-state index contributed by atoms with van der Waals surface area (Å²) in [7, 11) is 2.15. The number of nitrogens with two attached hydrogens (primary N) is 1. The van der Waals surface area contributed by atoms with E-state index in [1.807, 2.05) is 0 Å². The fraction of sp³-hybridized carbons (Fsp3) is 0.600. The summed E-state index contributed by atoms with van der Waals surface area (Å²) in [6.45, 7) is 7.94. The molecule has 19 heavy (non-hydrogen) atoms. The number of benzene rings is 1. The number of halogens is 1. The Kier molecular flexibility index (Phi) is 5.65. The second-order valence-corrected chi connectivity index (χ2v) is 6.08. The Morgan fingerprint density at radius 2 is 2.11 bits per heavy atom. The minimum absolute atomic E-state index is 0. The summed E-state index contributed by atoms with van der Waals surface area (Å²) in [6.07, 6.45) is 1.04. The highest BCUT2D eigenvalue weighted by Gasteiger charge is 2.18. The summed E-state index contributed by atoms with van der Waals surface area (Å²) < 4.78 is 5.53. The summed E-state index contributed by atoms with van der Waals surface area (Å²) in [6, 6.07) is 6.53. The molecule has 0 spiro atoms. The van der Waals surface area contributed by atoms with Crippen molar-refractivity contribution in [3.63, 3.8) is 0 Å². The van der Waals surface area contributed by atoms with Gasteiger partial charge in [-0.05, 0) is 36.2 Å². The van der Waals surface area contributed by atoms with E-state index in [-0.39, 0.29) is 17.8 Å². The first-order valence-corrected chi connectivity index (χ1v) is 6.63. The summed E-state index contributed by atoms with van der Waals surface area (Å²) >= 11 is 0. The molecule has 0 saturated carbocycles. The van der Waals surface area contributed by atoms with E-state index in [9.17, 15) is 0 Å². The van der Waals surface area contributed by atoms with E-state index in [4.69, 9.17) is 10.5 Å². The molecule has 1 aromatic rings. The number of hydrogen-bond acceptors (Lipinski definition) is 3. The van der Waals surface area contributed by atoms with Gasteiger partial charge in [0.15, 0.2) is 0 Å². The van der Waals surface area contributed by atoms with Crippen LogP contribution in [0.25, 0.3) is 0 Å². The molecule has 4 heteroatoms. The first-order chi connectivity index (χ1) is 8.50. The van der Waals surface area contributed by atoms with E-state index in [2.05, 4.69) is 44.0 Å². The molecule has 0 bridgehead atoms. The third kappa shape index (κ3) is 4.37. The first-order valence-electron chi connectivity index (χ1n) is 6.63. The zero-order valence-corrected chi connectivity index (χ0v) is 12.9. The summed E-state index contributed by atoms with van der Waals surface area (Å²) in [4.78, 5) is 2.34. The van der Waals surface area contributed by atoms with Crippen LogP contribution in [0.1, 0.15) is 25.0 Å². The summed E-state index contributed by atoms with van der Waals surface area (Å²) in [5, 5.41) is 0. The highest BCUT2D eigenvalue weighted by Crippen LogP contribution is 2.26. The van der Waals surface area contributed by atoms with Gasteiger partial charge in [-0.1, -0.05) is 26.0 Å². The number of nitrogens with zero attached hydrogens (tertiary/aromatic N) is 1. The summed E-state index contributed by atoms with van der Waals surface area (Å²) in [5.41, 5.74) is 8.66.